The number of phosphoric ester groups is 1. The number of primary amides is 5. The molecular weight excluding hydrogens is 1590 g/mol. The first-order valence-electron chi connectivity index (χ1n) is 39.1. The number of imidazole rings is 2. The molecule has 9 rings (SSSR count). The molecule has 1 aromatic carbocycles. The number of alkyl carbamates (subject to hydrolysis) is 1. The van der Waals surface area contributed by atoms with Gasteiger partial charge in [-0.05, 0) is 125 Å². The van der Waals surface area contributed by atoms with Crippen LogP contribution in [0.4, 0.5) is 4.79 Å². The number of rotatable bonds is 37. The van der Waals surface area contributed by atoms with E-state index in [-0.39, 0.29) is 113 Å². The third kappa shape index (κ3) is 21.4. The quantitative estimate of drug-likeness (QED) is 0.0112. The van der Waals surface area contributed by atoms with Gasteiger partial charge in [0.15, 0.2) is 6.23 Å². The second-order valence-electron chi connectivity index (χ2n) is 34.2. The van der Waals surface area contributed by atoms with Crippen LogP contribution in [0.1, 0.15) is 162 Å². The Labute approximate surface area is 693 Å². The number of hydrogen-bond donors (Lipinski definition) is 10. The molecule has 0 aliphatic carbocycles. The van der Waals surface area contributed by atoms with E-state index in [4.69, 9.17) is 84.1 Å². The monoisotopic (exact) mass is 1710 g/mol. The maximum Gasteiger partial charge on any atom is 3.00 e. The molecule has 2 saturated heterocycles. The van der Waals surface area contributed by atoms with Crippen LogP contribution in [0.5, 0.6) is 0 Å². The Morgan fingerprint density at radius 1 is 0.821 bits per heavy atom. The van der Waals surface area contributed by atoms with Crippen LogP contribution < -0.4 is 49.5 Å². The van der Waals surface area contributed by atoms with Crippen molar-refractivity contribution in [1.29, 1.82) is 5.26 Å². The number of aliphatic imine (C=N–C) groups is 3. The minimum Gasteiger partial charge on any atom is -0.756 e. The number of nitrogens with one attached hydrogen (secondary N) is 3. The van der Waals surface area contributed by atoms with Gasteiger partial charge in [0.2, 0.25) is 41.4 Å². The van der Waals surface area contributed by atoms with Crippen molar-refractivity contribution in [2.75, 3.05) is 33.4 Å². The largest absolute Gasteiger partial charge is 3.00 e. The Morgan fingerprint density at radius 2 is 1.45 bits per heavy atom. The van der Waals surface area contributed by atoms with Gasteiger partial charge in [-0.3, -0.25) is 53.1 Å². The molecule has 2 fully saturated rings. The number of methoxy groups -OCH3 is 1. The molecule has 1 unspecified atom stereocenters. The SMILES string of the molecule is COC(=O)[C@H](Cc1cn(CCCNC(=O)CC[C@@H]2C3=N[C@@](C)([C@@H]4N=C(/C(C)=C5N=C(/C=C6\[N-]/C(=C\3C)[C@@](C)(CC(N)=O)[C@@H]6CCC(N)=O)C(C)(C)[C@@H]\5CCC(N)=O)[C@](C)(CCC(=O)NC[C@@H](C)OP(=O)([O-])O[C@H]3[C@@H](O)[C@@H](n5cnc6cc(C)c(C)cc65)O[C@@H]3CO)[C@H]4CC(N)=O)[C@@]2(C)CC(N)=O)cn1)NC(=O)OCC[Si](C)(C)C.[C-]#N.[Co+3]. The van der Waals surface area contributed by atoms with Crippen LogP contribution >= 0.6 is 7.82 Å². The molecule has 8 heterocycles. The third-order valence-electron chi connectivity index (χ3n) is 24.3. The normalized spacial score (nSPS) is 29.0. The molecule has 6 aliphatic rings. The number of aliphatic hydroxyl groups is 2. The van der Waals surface area contributed by atoms with E-state index >= 15 is 0 Å². The second kappa shape index (κ2) is 38.5. The molecule has 0 spiro atoms. The van der Waals surface area contributed by atoms with Crippen LogP contribution in [-0.4, -0.2) is 183 Å². The third-order valence-corrected chi connectivity index (χ3v) is 27.2. The molecule has 15 N–H and O–H groups in total. The van der Waals surface area contributed by atoms with Gasteiger partial charge in [0.25, 0.3) is 7.82 Å². The number of carbonyl (C=O) groups is 9. The summed E-state index contributed by atoms with van der Waals surface area (Å²) in [5.41, 5.74) is 31.3. The molecular formula is C79H115CoN17O18PSi. The van der Waals surface area contributed by atoms with Gasteiger partial charge in [0.1, 0.15) is 24.4 Å². The van der Waals surface area contributed by atoms with Crippen LogP contribution in [-0.2, 0) is 95.9 Å². The first kappa shape index (κ1) is 95.3. The van der Waals surface area contributed by atoms with E-state index < -0.39 is 170 Å². The number of fused-ring (bicyclic) bond motifs is 7. The number of phosphoric acid groups is 1. The van der Waals surface area contributed by atoms with Crippen LogP contribution in [0.15, 0.2) is 80.3 Å². The maximum absolute atomic E-state index is 14.6. The number of aliphatic hydroxyl groups excluding tert-OH is 2. The number of carbonyl (C=O) groups excluding carboxylic acids is 9. The van der Waals surface area contributed by atoms with Crippen molar-refractivity contribution in [1.82, 2.24) is 35.1 Å². The van der Waals surface area contributed by atoms with Crippen molar-refractivity contribution >= 4 is 97.5 Å². The molecule has 38 heteroatoms. The summed E-state index contributed by atoms with van der Waals surface area (Å²) < 4.78 is 44.3. The van der Waals surface area contributed by atoms with Crippen molar-refractivity contribution < 1.29 is 103 Å². The summed E-state index contributed by atoms with van der Waals surface area (Å²) in [4.78, 5) is 162. The number of aryl methyl sites for hydroxylation is 3. The number of benzene rings is 1. The van der Waals surface area contributed by atoms with Crippen molar-refractivity contribution in [3.05, 3.63) is 94.0 Å². The number of nitrogens with zero attached hydrogens (tertiary/aromatic N) is 9. The Kier molecular flexibility index (Phi) is 31.3. The topological polar surface area (TPSA) is 557 Å². The molecule has 642 valence electrons. The predicted octanol–water partition coefficient (Wildman–Crippen LogP) is 5.48. The van der Waals surface area contributed by atoms with E-state index in [0.717, 1.165) is 17.2 Å². The Bertz CT molecular complexity index is 4550. The first-order valence-corrected chi connectivity index (χ1v) is 44.3. The van der Waals surface area contributed by atoms with E-state index in [1.807, 2.05) is 80.5 Å². The minimum absolute atomic E-state index is 0. The van der Waals surface area contributed by atoms with E-state index in [1.165, 1.54) is 24.9 Å². The summed E-state index contributed by atoms with van der Waals surface area (Å²) in [6.45, 7) is 30.9. The smallest absolute Gasteiger partial charge is 0.756 e. The first-order chi connectivity index (χ1) is 54.2. The summed E-state index contributed by atoms with van der Waals surface area (Å²) in [5, 5.41) is 42.0. The molecule has 16 atom stereocenters. The van der Waals surface area contributed by atoms with E-state index in [9.17, 15) is 62.8 Å². The summed E-state index contributed by atoms with van der Waals surface area (Å²) in [6, 6.07) is 2.24. The summed E-state index contributed by atoms with van der Waals surface area (Å²) in [5.74, 6) is -8.18. The molecule has 3 aromatic rings. The Morgan fingerprint density at radius 3 is 2.07 bits per heavy atom. The van der Waals surface area contributed by atoms with Gasteiger partial charge in [-0.1, -0.05) is 60.3 Å². The number of ether oxygens (including phenoxy) is 3. The van der Waals surface area contributed by atoms with Crippen molar-refractivity contribution in [3.63, 3.8) is 0 Å². The van der Waals surface area contributed by atoms with Gasteiger partial charge in [0.05, 0.1) is 67.4 Å². The van der Waals surface area contributed by atoms with Gasteiger partial charge >= 0.3 is 28.8 Å². The fourth-order valence-corrected chi connectivity index (χ4v) is 19.5. The molecule has 0 radical (unpaired) electrons. The number of allylic oxidation sites excluding steroid dienone is 6. The van der Waals surface area contributed by atoms with Crippen molar-refractivity contribution in [3.8, 4) is 0 Å². The molecule has 6 aliphatic heterocycles. The van der Waals surface area contributed by atoms with Gasteiger partial charge in [-0.15, -0.1) is 5.70 Å². The standard InChI is InChI=1S/C78H117N16O18PSi.CN.Co/c1-41-29-52-54(30-42(41)2)94(40-87-52)71-66(103)67(55(38-95)110-71)112-113(106,107)111-43(3)36-85-63(102)23-24-75(8)50(32-59(81)98)70-78(11)77(10,35-61(83)100)49(19-22-62(101)84-25-16-26-93-37-46(86-39-93)31-53(72(104)108-12)89-73(105)109-27-28-114(13,14)15)65(92-78)45(5)69-76(9,34-60(82)99)47(17-20-57(79)96)51(88-69)33-56-74(6,7)48(18-21-58(80)97)64(90-56)44(4)68(75)91-70;1-2;/h29-30,33,37,39-40,43,47-50,53,55,66-67,70-71,95,103H,16-28,31-32,34-36,38H2,1-15H3,(H15,79,80,81,82,83,84,85,88,89,90,91,92,96,97,98,99,100,101,102,105,106,107);;/q;-1;+3/p-2/t43-,47-,48-,49-,50+,53+,55-,66-,67-,70-,71+,75-,76+,77+,78+;;/m1../s1. The zero-order valence-electron chi connectivity index (χ0n) is 69.4. The Balaban J connectivity index is 0.00000625. The molecule has 0 saturated carbocycles. The van der Waals surface area contributed by atoms with E-state index in [1.54, 1.807) is 24.0 Å². The molecule has 8 amide bonds. The second-order valence-corrected chi connectivity index (χ2v) is 41.1. The summed E-state index contributed by atoms with van der Waals surface area (Å²) in [6.07, 6.45) is -2.28. The molecule has 35 nitrogen and oxygen atoms in total. The number of aromatic nitrogens is 4. The van der Waals surface area contributed by atoms with Crippen molar-refractivity contribution in [2.45, 2.75) is 240 Å². The van der Waals surface area contributed by atoms with E-state index in [2.05, 4.69) is 45.6 Å². The number of hydrogen-bond acceptors (Lipinski definition) is 24. The van der Waals surface area contributed by atoms with Crippen LogP contribution in [0.25, 0.3) is 16.4 Å². The van der Waals surface area contributed by atoms with Gasteiger partial charge in [-0.25, -0.2) is 19.6 Å². The fourth-order valence-electron chi connectivity index (χ4n) is 17.7. The molecule has 117 heavy (non-hydrogen) atoms. The fraction of sp³-hybridized carbons (Fsp3) is 0.633. The van der Waals surface area contributed by atoms with Crippen LogP contribution in [0.3, 0.4) is 0 Å². The number of amides is 8. The van der Waals surface area contributed by atoms with Gasteiger partial charge in [0, 0.05) is 142 Å². The van der Waals surface area contributed by atoms with Crippen LogP contribution in [0, 0.1) is 71.0 Å². The van der Waals surface area contributed by atoms with Gasteiger partial charge in [-0.2, -0.15) is 5.70 Å². The minimum atomic E-state index is -5.37. The average Bonchev–Trinajstić information content (AvgIpc) is 1.53. The number of esters is 1. The molecule has 2 aromatic heterocycles. The maximum atomic E-state index is 14.6. The zero-order chi connectivity index (χ0) is 86.3. The summed E-state index contributed by atoms with van der Waals surface area (Å²) in [7, 11) is -5.66. The predicted molar refractivity (Wildman–Crippen MR) is 429 cm³/mol. The summed E-state index contributed by atoms with van der Waals surface area (Å²) >= 11 is 0. The van der Waals surface area contributed by atoms with Gasteiger partial charge < -0.3 is 109 Å². The number of nitrogens with two attached hydrogens (primary N) is 5. The zero-order valence-corrected chi connectivity index (χ0v) is 72.3. The van der Waals surface area contributed by atoms with Crippen molar-refractivity contribution in [2.24, 2.45) is 89.0 Å². The Hall–Kier alpha value is -8.84. The average molecular weight is 1710 g/mol. The van der Waals surface area contributed by atoms with E-state index in [0.29, 0.717) is 75.1 Å². The molecule has 8 bridgehead atoms. The van der Waals surface area contributed by atoms with Crippen LogP contribution in [0.2, 0.25) is 25.7 Å².